The summed E-state index contributed by atoms with van der Waals surface area (Å²) in [6.45, 7) is 2.20. The summed E-state index contributed by atoms with van der Waals surface area (Å²) in [6, 6.07) is 1.33. The third-order valence-electron chi connectivity index (χ3n) is 1.55. The molecule has 14 heavy (non-hydrogen) atoms. The lowest BCUT2D eigenvalue weighted by atomic mass is 10.2. The first-order valence-corrected chi connectivity index (χ1v) is 4.09. The van der Waals surface area contributed by atoms with Crippen LogP contribution in [0.1, 0.15) is 18.7 Å². The molecule has 0 aromatic carbocycles. The molecule has 0 aliphatic rings. The molecule has 5 heteroatoms. The van der Waals surface area contributed by atoms with Crippen molar-refractivity contribution < 1.29 is 19.0 Å². The number of pyridine rings is 1. The topological polar surface area (TPSA) is 59.4 Å². The SMILES string of the molecule is CCOc1cncc(C(F)C(=O)O)c1. The summed E-state index contributed by atoms with van der Waals surface area (Å²) >= 11 is 0. The number of carboxylic acid groups (broad SMARTS) is 1. The largest absolute Gasteiger partial charge is 0.492 e. The molecule has 1 rings (SSSR count). The Morgan fingerprint density at radius 3 is 3.00 bits per heavy atom. The summed E-state index contributed by atoms with van der Waals surface area (Å²) in [7, 11) is 0. The van der Waals surface area contributed by atoms with Crippen LogP contribution < -0.4 is 4.74 Å². The first kappa shape index (κ1) is 10.4. The van der Waals surface area contributed by atoms with Gasteiger partial charge in [0.25, 0.3) is 0 Å². The van der Waals surface area contributed by atoms with E-state index in [2.05, 4.69) is 4.98 Å². The van der Waals surface area contributed by atoms with Gasteiger partial charge in [-0.1, -0.05) is 0 Å². The number of carboxylic acids is 1. The van der Waals surface area contributed by atoms with Crippen LogP contribution in [0.25, 0.3) is 0 Å². The summed E-state index contributed by atoms with van der Waals surface area (Å²) in [5, 5.41) is 8.41. The summed E-state index contributed by atoms with van der Waals surface area (Å²) in [5.74, 6) is -1.16. The predicted molar refractivity (Wildman–Crippen MR) is 46.9 cm³/mol. The number of alkyl halides is 1. The van der Waals surface area contributed by atoms with Gasteiger partial charge in [-0.2, -0.15) is 0 Å². The van der Waals surface area contributed by atoms with Gasteiger partial charge < -0.3 is 9.84 Å². The van der Waals surface area contributed by atoms with Crippen LogP contribution >= 0.6 is 0 Å². The molecule has 0 fully saturated rings. The molecule has 0 radical (unpaired) electrons. The maximum atomic E-state index is 13.0. The lowest BCUT2D eigenvalue weighted by Gasteiger charge is -2.05. The van der Waals surface area contributed by atoms with Crippen molar-refractivity contribution in [3.8, 4) is 5.75 Å². The second-order valence-corrected chi connectivity index (χ2v) is 2.59. The molecule has 1 unspecified atom stereocenters. The quantitative estimate of drug-likeness (QED) is 0.799. The van der Waals surface area contributed by atoms with Gasteiger partial charge in [0.05, 0.1) is 12.8 Å². The van der Waals surface area contributed by atoms with Crippen molar-refractivity contribution in [1.82, 2.24) is 4.98 Å². The molecule has 1 N–H and O–H groups in total. The van der Waals surface area contributed by atoms with Gasteiger partial charge in [0, 0.05) is 11.8 Å². The smallest absolute Gasteiger partial charge is 0.343 e. The Morgan fingerprint density at radius 1 is 1.71 bits per heavy atom. The molecular weight excluding hydrogens is 189 g/mol. The Morgan fingerprint density at radius 2 is 2.43 bits per heavy atom. The molecule has 0 amide bonds. The monoisotopic (exact) mass is 199 g/mol. The van der Waals surface area contributed by atoms with Crippen molar-refractivity contribution in [3.63, 3.8) is 0 Å². The molecule has 1 aromatic heterocycles. The molecule has 1 heterocycles. The lowest BCUT2D eigenvalue weighted by Crippen LogP contribution is -2.06. The van der Waals surface area contributed by atoms with Crippen molar-refractivity contribution in [3.05, 3.63) is 24.0 Å². The maximum absolute atomic E-state index is 13.0. The van der Waals surface area contributed by atoms with Gasteiger partial charge in [-0.05, 0) is 13.0 Å². The Hall–Kier alpha value is -1.65. The van der Waals surface area contributed by atoms with Gasteiger partial charge in [0.1, 0.15) is 5.75 Å². The van der Waals surface area contributed by atoms with Crippen LogP contribution in [0.4, 0.5) is 4.39 Å². The van der Waals surface area contributed by atoms with Gasteiger partial charge in [0.15, 0.2) is 0 Å². The van der Waals surface area contributed by atoms with E-state index in [-0.39, 0.29) is 5.56 Å². The molecular formula is C9H10FNO3. The Bertz CT molecular complexity index is 330. The zero-order valence-corrected chi connectivity index (χ0v) is 7.61. The Balaban J connectivity index is 2.87. The Labute approximate surface area is 80.3 Å². The number of ether oxygens (including phenoxy) is 1. The first-order chi connectivity index (χ1) is 6.65. The number of halogens is 1. The number of hydrogen-bond acceptors (Lipinski definition) is 3. The second kappa shape index (κ2) is 4.55. The summed E-state index contributed by atoms with van der Waals surface area (Å²) < 4.78 is 18.0. The summed E-state index contributed by atoms with van der Waals surface area (Å²) in [4.78, 5) is 14.0. The highest BCUT2D eigenvalue weighted by atomic mass is 19.1. The van der Waals surface area contributed by atoms with E-state index in [4.69, 9.17) is 9.84 Å². The van der Waals surface area contributed by atoms with Gasteiger partial charge >= 0.3 is 5.97 Å². The zero-order chi connectivity index (χ0) is 10.6. The van der Waals surface area contributed by atoms with Crippen LogP contribution in [0.15, 0.2) is 18.5 Å². The lowest BCUT2D eigenvalue weighted by molar-refractivity contribution is -0.143. The number of nitrogens with zero attached hydrogens (tertiary/aromatic N) is 1. The number of aromatic nitrogens is 1. The maximum Gasteiger partial charge on any atom is 0.343 e. The molecule has 0 spiro atoms. The van der Waals surface area contributed by atoms with Gasteiger partial charge in [-0.3, -0.25) is 4.98 Å². The van der Waals surface area contributed by atoms with Crippen molar-refractivity contribution in [2.75, 3.05) is 6.61 Å². The molecule has 0 bridgehead atoms. The molecule has 0 saturated heterocycles. The minimum Gasteiger partial charge on any atom is -0.492 e. The molecule has 1 atom stereocenters. The van der Waals surface area contributed by atoms with Crippen molar-refractivity contribution in [1.29, 1.82) is 0 Å². The van der Waals surface area contributed by atoms with Crippen LogP contribution in [0.2, 0.25) is 0 Å². The van der Waals surface area contributed by atoms with E-state index in [9.17, 15) is 9.18 Å². The molecule has 0 aliphatic heterocycles. The molecule has 1 aromatic rings. The van der Waals surface area contributed by atoms with E-state index in [1.807, 2.05) is 0 Å². The fraction of sp³-hybridized carbons (Fsp3) is 0.333. The number of rotatable bonds is 4. The van der Waals surface area contributed by atoms with E-state index >= 15 is 0 Å². The van der Waals surface area contributed by atoms with E-state index in [1.54, 1.807) is 6.92 Å². The number of aliphatic carboxylic acids is 1. The van der Waals surface area contributed by atoms with E-state index in [0.29, 0.717) is 12.4 Å². The summed E-state index contributed by atoms with van der Waals surface area (Å²) in [6.07, 6.45) is 0.519. The highest BCUT2D eigenvalue weighted by Gasteiger charge is 2.18. The average molecular weight is 199 g/mol. The first-order valence-electron chi connectivity index (χ1n) is 4.09. The van der Waals surface area contributed by atoms with Crippen LogP contribution in [0.3, 0.4) is 0 Å². The minimum absolute atomic E-state index is 0.0107. The highest BCUT2D eigenvalue weighted by Crippen LogP contribution is 2.20. The molecule has 4 nitrogen and oxygen atoms in total. The van der Waals surface area contributed by atoms with Crippen LogP contribution in [-0.4, -0.2) is 22.7 Å². The Kier molecular flexibility index (Phi) is 3.39. The van der Waals surface area contributed by atoms with Crippen LogP contribution in [-0.2, 0) is 4.79 Å². The number of carbonyl (C=O) groups is 1. The number of hydrogen-bond donors (Lipinski definition) is 1. The second-order valence-electron chi connectivity index (χ2n) is 2.59. The van der Waals surface area contributed by atoms with Crippen molar-refractivity contribution in [2.45, 2.75) is 13.1 Å². The van der Waals surface area contributed by atoms with E-state index < -0.39 is 12.1 Å². The summed E-state index contributed by atoms with van der Waals surface area (Å²) in [5.41, 5.74) is -0.0107. The minimum atomic E-state index is -2.05. The zero-order valence-electron chi connectivity index (χ0n) is 7.61. The van der Waals surface area contributed by atoms with Crippen LogP contribution in [0, 0.1) is 0 Å². The average Bonchev–Trinajstić information content (AvgIpc) is 2.17. The predicted octanol–water partition coefficient (Wildman–Crippen LogP) is 1.58. The third kappa shape index (κ3) is 2.42. The molecule has 0 aliphatic carbocycles. The normalized spacial score (nSPS) is 12.1. The van der Waals surface area contributed by atoms with E-state index in [0.717, 1.165) is 0 Å². The fourth-order valence-electron chi connectivity index (χ4n) is 0.962. The van der Waals surface area contributed by atoms with Crippen LogP contribution in [0.5, 0.6) is 5.75 Å². The van der Waals surface area contributed by atoms with Gasteiger partial charge in [0.2, 0.25) is 6.17 Å². The highest BCUT2D eigenvalue weighted by molar-refractivity contribution is 5.74. The fourth-order valence-corrected chi connectivity index (χ4v) is 0.962. The van der Waals surface area contributed by atoms with Gasteiger partial charge in [-0.25, -0.2) is 9.18 Å². The van der Waals surface area contributed by atoms with Crippen molar-refractivity contribution in [2.24, 2.45) is 0 Å². The third-order valence-corrected chi connectivity index (χ3v) is 1.55. The van der Waals surface area contributed by atoms with E-state index in [1.165, 1.54) is 18.5 Å². The van der Waals surface area contributed by atoms with Crippen molar-refractivity contribution >= 4 is 5.97 Å². The standard InChI is InChI=1S/C9H10FNO3/c1-2-14-7-3-6(4-11-5-7)8(10)9(12)13/h3-5,8H,2H2,1H3,(H,12,13). The molecule has 76 valence electrons. The molecule has 0 saturated carbocycles. The van der Waals surface area contributed by atoms with Gasteiger partial charge in [-0.15, -0.1) is 0 Å².